The monoisotopic (exact) mass is 569 g/mol. The maximum Gasteiger partial charge on any atom is 0.303 e. The number of carbonyl (C=O) groups excluding carboxylic acids is 2. The van der Waals surface area contributed by atoms with Crippen LogP contribution in [0.5, 0.6) is 0 Å². The van der Waals surface area contributed by atoms with Crippen LogP contribution in [0.25, 0.3) is 0 Å². The molecule has 0 saturated heterocycles. The molecule has 226 valence electrons. The van der Waals surface area contributed by atoms with Gasteiger partial charge in [0.25, 0.3) is 0 Å². The maximum atomic E-state index is 14.1. The van der Waals surface area contributed by atoms with E-state index >= 15 is 0 Å². The number of nitrogens with zero attached hydrogens (tertiary/aromatic N) is 3. The number of hydrogen-bond donors (Lipinski definition) is 5. The Bertz CT molecular complexity index is 1110. The maximum absolute atomic E-state index is 14.1. The van der Waals surface area contributed by atoms with E-state index in [1.807, 2.05) is 36.1 Å². The van der Waals surface area contributed by atoms with Gasteiger partial charge in [-0.25, -0.2) is 4.99 Å². The molecule has 2 aliphatic carbocycles. The summed E-state index contributed by atoms with van der Waals surface area (Å²) in [4.78, 5) is 47.2. The first-order chi connectivity index (χ1) is 19.5. The largest absolute Gasteiger partial charge is 0.481 e. The Kier molecular flexibility index (Phi) is 11.1. The van der Waals surface area contributed by atoms with Gasteiger partial charge in [-0.05, 0) is 56.9 Å². The van der Waals surface area contributed by atoms with E-state index in [4.69, 9.17) is 22.6 Å². The summed E-state index contributed by atoms with van der Waals surface area (Å²) in [6, 6.07) is 7.55. The molecule has 2 fully saturated rings. The van der Waals surface area contributed by atoms with Crippen LogP contribution < -0.4 is 17.2 Å². The fourth-order valence-electron chi connectivity index (χ4n) is 6.97. The van der Waals surface area contributed by atoms with Gasteiger partial charge in [0, 0.05) is 37.3 Å². The summed E-state index contributed by atoms with van der Waals surface area (Å²) in [5, 5.41) is 17.0. The van der Waals surface area contributed by atoms with Gasteiger partial charge in [-0.2, -0.15) is 0 Å². The summed E-state index contributed by atoms with van der Waals surface area (Å²) >= 11 is 0. The van der Waals surface area contributed by atoms with Crippen LogP contribution in [0.2, 0.25) is 0 Å². The van der Waals surface area contributed by atoms with Gasteiger partial charge in [-0.1, -0.05) is 50.5 Å². The number of carboxylic acids is 1. The number of benzene rings is 1. The second kappa shape index (κ2) is 14.3. The zero-order chi connectivity index (χ0) is 30.2. The summed E-state index contributed by atoms with van der Waals surface area (Å²) in [7, 11) is 0. The fraction of sp³-hybridized carbons (Fsp3) is 0.633. The summed E-state index contributed by atoms with van der Waals surface area (Å²) in [6.45, 7) is 3.33. The van der Waals surface area contributed by atoms with Crippen LogP contribution in [-0.2, 0) is 14.4 Å². The topological polar surface area (TPSA) is 192 Å². The highest BCUT2D eigenvalue weighted by Gasteiger charge is 2.52. The number of carbonyl (C=O) groups is 3. The minimum Gasteiger partial charge on any atom is -0.481 e. The lowest BCUT2D eigenvalue weighted by molar-refractivity contribution is -0.176. The number of carboxylic acid groups (broad SMARTS) is 1. The van der Waals surface area contributed by atoms with E-state index in [9.17, 15) is 19.5 Å². The molecule has 11 nitrogen and oxygen atoms in total. The molecule has 11 heteroatoms. The van der Waals surface area contributed by atoms with Crippen molar-refractivity contribution in [2.75, 3.05) is 0 Å². The van der Waals surface area contributed by atoms with E-state index in [-0.39, 0.29) is 61.3 Å². The highest BCUT2D eigenvalue weighted by molar-refractivity contribution is 5.94. The Hall–Kier alpha value is -3.63. The van der Waals surface area contributed by atoms with Gasteiger partial charge in [0.05, 0.1) is 0 Å². The number of nitrogens with one attached hydrogen (secondary N) is 1. The summed E-state index contributed by atoms with van der Waals surface area (Å²) < 4.78 is 0. The molecule has 0 bridgehead atoms. The molecule has 0 heterocycles. The zero-order valence-electron chi connectivity index (χ0n) is 24.5. The number of nitrogens with two attached hydrogens (primary N) is 3. The Morgan fingerprint density at radius 1 is 1.05 bits per heavy atom. The number of aliphatic carboxylic acids is 1. The number of rotatable bonds is 12. The van der Waals surface area contributed by atoms with Crippen LogP contribution in [0.15, 0.2) is 29.3 Å². The van der Waals surface area contributed by atoms with Crippen molar-refractivity contribution >= 4 is 29.6 Å². The summed E-state index contributed by atoms with van der Waals surface area (Å²) in [5.74, 6) is -1.34. The van der Waals surface area contributed by atoms with E-state index in [0.29, 0.717) is 18.4 Å². The first-order valence-electron chi connectivity index (χ1n) is 14.9. The van der Waals surface area contributed by atoms with Crippen molar-refractivity contribution in [2.24, 2.45) is 22.2 Å². The minimum absolute atomic E-state index is 0.00598. The van der Waals surface area contributed by atoms with Crippen molar-refractivity contribution < 1.29 is 19.5 Å². The predicted octanol–water partition coefficient (Wildman–Crippen LogP) is 3.60. The third-order valence-electron chi connectivity index (χ3n) is 8.62. The van der Waals surface area contributed by atoms with Gasteiger partial charge < -0.3 is 27.2 Å². The van der Waals surface area contributed by atoms with Crippen molar-refractivity contribution in [3.63, 3.8) is 0 Å². The molecular weight excluding hydrogens is 522 g/mol. The molecule has 2 saturated carbocycles. The molecule has 2 aliphatic rings. The van der Waals surface area contributed by atoms with Crippen molar-refractivity contribution in [1.29, 1.82) is 5.41 Å². The Balaban J connectivity index is 2.16. The smallest absolute Gasteiger partial charge is 0.303 e. The first-order valence-corrected chi connectivity index (χ1v) is 14.9. The average molecular weight is 570 g/mol. The molecule has 8 N–H and O–H groups in total. The van der Waals surface area contributed by atoms with Gasteiger partial charge in [0.1, 0.15) is 17.7 Å². The van der Waals surface area contributed by atoms with Gasteiger partial charge in [0.15, 0.2) is 5.96 Å². The van der Waals surface area contributed by atoms with Gasteiger partial charge in [-0.3, -0.25) is 24.7 Å². The predicted molar refractivity (Wildman–Crippen MR) is 159 cm³/mol. The molecule has 0 aromatic heterocycles. The highest BCUT2D eigenvalue weighted by atomic mass is 16.4. The van der Waals surface area contributed by atoms with Crippen molar-refractivity contribution in [1.82, 2.24) is 9.80 Å². The van der Waals surface area contributed by atoms with E-state index in [2.05, 4.69) is 4.99 Å². The molecule has 1 aromatic carbocycles. The van der Waals surface area contributed by atoms with Crippen molar-refractivity contribution in [3.8, 4) is 0 Å². The molecule has 0 radical (unpaired) electrons. The molecule has 3 unspecified atom stereocenters. The fourth-order valence-corrected chi connectivity index (χ4v) is 6.97. The summed E-state index contributed by atoms with van der Waals surface area (Å²) in [5.41, 5.74) is 18.2. The van der Waals surface area contributed by atoms with E-state index < -0.39 is 17.8 Å². The van der Waals surface area contributed by atoms with Crippen LogP contribution in [0, 0.1) is 5.41 Å². The number of hydrogen-bond acceptors (Lipinski definition) is 5. The zero-order valence-corrected chi connectivity index (χ0v) is 24.5. The molecule has 3 rings (SSSR count). The lowest BCUT2D eigenvalue weighted by Crippen LogP contribution is -2.69. The Morgan fingerprint density at radius 3 is 2.22 bits per heavy atom. The van der Waals surface area contributed by atoms with E-state index in [1.54, 1.807) is 4.90 Å². The van der Waals surface area contributed by atoms with Crippen molar-refractivity contribution in [2.45, 2.75) is 121 Å². The van der Waals surface area contributed by atoms with Crippen LogP contribution in [0.4, 0.5) is 0 Å². The van der Waals surface area contributed by atoms with Crippen molar-refractivity contribution in [3.05, 3.63) is 35.4 Å². The Labute approximate surface area is 243 Å². The molecular formula is C30H47N7O4. The third-order valence-corrected chi connectivity index (χ3v) is 8.62. The van der Waals surface area contributed by atoms with Crippen LogP contribution in [-0.4, -0.2) is 62.4 Å². The van der Waals surface area contributed by atoms with Gasteiger partial charge in [-0.15, -0.1) is 0 Å². The van der Waals surface area contributed by atoms with Crippen LogP contribution in [0.1, 0.15) is 114 Å². The molecule has 1 aromatic rings. The second-order valence-corrected chi connectivity index (χ2v) is 11.4. The standard InChI is InChI=1S/C30H47N7O4/c1-3-26(39)37(24-11-6-5-10-23(24)21-14-16-22(17-15-21)28(31)32)30(18-7-4-8-19-30)36(20(2)38)25(35-29(33)34)12-9-13-27(40)41/h14-17,23-25H,3-13,18-19H2,1-2H3,(H3,31,32)(H,40,41)(H4,33,34,35). The normalized spacial score (nSPS) is 20.8. The average Bonchev–Trinajstić information content (AvgIpc) is 2.93. The molecule has 3 atom stereocenters. The molecule has 0 aliphatic heterocycles. The number of nitrogen functional groups attached to an aromatic ring is 1. The van der Waals surface area contributed by atoms with Crippen LogP contribution in [0.3, 0.4) is 0 Å². The minimum atomic E-state index is -0.941. The lowest BCUT2D eigenvalue weighted by atomic mass is 9.75. The summed E-state index contributed by atoms with van der Waals surface area (Å²) in [6.07, 6.45) is 7.51. The highest BCUT2D eigenvalue weighted by Crippen LogP contribution is 2.46. The number of aliphatic imine (C=N–C) groups is 1. The first kappa shape index (κ1) is 31.9. The van der Waals surface area contributed by atoms with Gasteiger partial charge >= 0.3 is 5.97 Å². The molecule has 2 amide bonds. The van der Waals surface area contributed by atoms with E-state index in [0.717, 1.165) is 50.5 Å². The number of guanidine groups is 1. The quantitative estimate of drug-likeness (QED) is 0.144. The number of amidine groups is 1. The molecule has 0 spiro atoms. The third kappa shape index (κ3) is 7.56. The van der Waals surface area contributed by atoms with E-state index in [1.165, 1.54) is 6.92 Å². The van der Waals surface area contributed by atoms with Gasteiger partial charge in [0.2, 0.25) is 11.8 Å². The number of amides is 2. The SMILES string of the molecule is CCC(=O)N(C1CCCCC1c1ccc(C(=N)N)cc1)C1(N(C(C)=O)C(CCCC(=O)O)N=C(N)N)CCCCC1. The lowest BCUT2D eigenvalue weighted by Gasteiger charge is -2.58. The molecule has 41 heavy (non-hydrogen) atoms. The Morgan fingerprint density at radius 2 is 1.68 bits per heavy atom. The van der Waals surface area contributed by atoms with Crippen LogP contribution >= 0.6 is 0 Å². The second-order valence-electron chi connectivity index (χ2n) is 11.4.